The monoisotopic (exact) mass is 261 g/mol. The summed E-state index contributed by atoms with van der Waals surface area (Å²) >= 11 is 0. The van der Waals surface area contributed by atoms with Crippen LogP contribution in [0.2, 0.25) is 0 Å². The Morgan fingerprint density at radius 1 is 1.42 bits per heavy atom. The fourth-order valence-corrected chi connectivity index (χ4v) is 2.34. The molecule has 5 nitrogen and oxygen atoms in total. The van der Waals surface area contributed by atoms with E-state index in [1.807, 2.05) is 18.2 Å². The largest absolute Gasteiger partial charge is 0.344 e. The molecule has 0 radical (unpaired) electrons. The van der Waals surface area contributed by atoms with Crippen molar-refractivity contribution < 1.29 is 9.59 Å². The Morgan fingerprint density at radius 3 is 2.84 bits per heavy atom. The topological polar surface area (TPSA) is 53.5 Å². The minimum Gasteiger partial charge on any atom is -0.344 e. The predicted molar refractivity (Wildman–Crippen MR) is 71.3 cm³/mol. The fourth-order valence-electron chi connectivity index (χ4n) is 2.34. The summed E-state index contributed by atoms with van der Waals surface area (Å²) in [5.74, 6) is -0.0881. The number of hydrogen-bond acceptors (Lipinski definition) is 3. The minimum atomic E-state index is -0.203. The molecule has 0 bridgehead atoms. The van der Waals surface area contributed by atoms with Crippen LogP contribution in [0.15, 0.2) is 24.4 Å². The maximum Gasteiger partial charge on any atom is 0.227 e. The van der Waals surface area contributed by atoms with Gasteiger partial charge in [0.1, 0.15) is 0 Å². The van der Waals surface area contributed by atoms with Crippen molar-refractivity contribution in [2.45, 2.75) is 13.3 Å². The molecule has 0 N–H and O–H groups in total. The van der Waals surface area contributed by atoms with Crippen LogP contribution in [0.4, 0.5) is 0 Å². The van der Waals surface area contributed by atoms with Crippen LogP contribution in [0.25, 0.3) is 0 Å². The lowest BCUT2D eigenvalue weighted by Gasteiger charge is -2.21. The molecule has 1 fully saturated rings. The highest BCUT2D eigenvalue weighted by atomic mass is 16.2. The number of aromatic nitrogens is 1. The first-order chi connectivity index (χ1) is 9.08. The van der Waals surface area contributed by atoms with Crippen LogP contribution >= 0.6 is 0 Å². The van der Waals surface area contributed by atoms with Crippen molar-refractivity contribution in [3.05, 3.63) is 30.1 Å². The van der Waals surface area contributed by atoms with Gasteiger partial charge in [-0.2, -0.15) is 0 Å². The van der Waals surface area contributed by atoms with Gasteiger partial charge in [-0.15, -0.1) is 0 Å². The van der Waals surface area contributed by atoms with Crippen LogP contribution in [-0.2, 0) is 16.0 Å². The number of pyridine rings is 1. The smallest absolute Gasteiger partial charge is 0.227 e. The molecular weight excluding hydrogens is 242 g/mol. The summed E-state index contributed by atoms with van der Waals surface area (Å²) in [5, 5.41) is 0. The number of hydrogen-bond donors (Lipinski definition) is 0. The number of nitrogens with zero attached hydrogens (tertiary/aromatic N) is 3. The molecule has 102 valence electrons. The molecule has 1 saturated heterocycles. The van der Waals surface area contributed by atoms with E-state index < -0.39 is 0 Å². The second kappa shape index (κ2) is 5.82. The molecule has 2 rings (SSSR count). The standard InChI is InChI=1S/C14H19N3O2/c1-11(18)17-8-7-16(2)14(19)12(10-17)9-13-5-3-4-6-15-13/h3-6,12H,7-10H2,1-2H3. The molecule has 1 atom stereocenters. The highest BCUT2D eigenvalue weighted by molar-refractivity contribution is 5.81. The number of amides is 2. The lowest BCUT2D eigenvalue weighted by atomic mass is 10.0. The zero-order valence-electron chi connectivity index (χ0n) is 11.4. The molecule has 0 aromatic carbocycles. The number of likely N-dealkylation sites (N-methyl/N-ethyl adjacent to an activating group) is 1. The van der Waals surface area contributed by atoms with Crippen LogP contribution in [0, 0.1) is 5.92 Å². The van der Waals surface area contributed by atoms with E-state index >= 15 is 0 Å². The van der Waals surface area contributed by atoms with E-state index in [9.17, 15) is 9.59 Å². The lowest BCUT2D eigenvalue weighted by molar-refractivity contribution is -0.133. The molecule has 19 heavy (non-hydrogen) atoms. The van der Waals surface area contributed by atoms with Gasteiger partial charge in [-0.3, -0.25) is 14.6 Å². The molecule has 1 aromatic heterocycles. The SMILES string of the molecule is CC(=O)N1CCN(C)C(=O)C(Cc2ccccn2)C1. The molecule has 1 unspecified atom stereocenters. The maximum atomic E-state index is 12.3. The van der Waals surface area contributed by atoms with E-state index in [1.165, 1.54) is 0 Å². The first kappa shape index (κ1) is 13.5. The van der Waals surface area contributed by atoms with Crippen molar-refractivity contribution >= 4 is 11.8 Å². The Bertz CT molecular complexity index is 461. The van der Waals surface area contributed by atoms with Crippen molar-refractivity contribution in [1.29, 1.82) is 0 Å². The first-order valence-corrected chi connectivity index (χ1v) is 6.48. The van der Waals surface area contributed by atoms with Crippen LogP contribution < -0.4 is 0 Å². The average Bonchev–Trinajstić information content (AvgIpc) is 2.54. The molecular formula is C14H19N3O2. The molecule has 0 aliphatic carbocycles. The van der Waals surface area contributed by atoms with E-state index in [0.717, 1.165) is 5.69 Å². The fraction of sp³-hybridized carbons (Fsp3) is 0.500. The molecule has 1 aromatic rings. The number of carbonyl (C=O) groups is 2. The van der Waals surface area contributed by atoms with Gasteiger partial charge in [0.15, 0.2) is 0 Å². The van der Waals surface area contributed by atoms with Gasteiger partial charge in [-0.05, 0) is 12.1 Å². The lowest BCUT2D eigenvalue weighted by Crippen LogP contribution is -2.36. The molecule has 2 amide bonds. The third-order valence-electron chi connectivity index (χ3n) is 3.50. The van der Waals surface area contributed by atoms with Crippen molar-refractivity contribution in [1.82, 2.24) is 14.8 Å². The quantitative estimate of drug-likeness (QED) is 0.781. The number of carbonyl (C=O) groups excluding carboxylic acids is 2. The first-order valence-electron chi connectivity index (χ1n) is 6.48. The summed E-state index contributed by atoms with van der Waals surface area (Å²) in [6, 6.07) is 5.68. The van der Waals surface area contributed by atoms with Gasteiger partial charge in [0.2, 0.25) is 11.8 Å². The second-order valence-electron chi connectivity index (χ2n) is 4.95. The van der Waals surface area contributed by atoms with Gasteiger partial charge in [0.05, 0.1) is 5.92 Å². The van der Waals surface area contributed by atoms with Crippen LogP contribution in [0.1, 0.15) is 12.6 Å². The Hall–Kier alpha value is -1.91. The van der Waals surface area contributed by atoms with E-state index in [-0.39, 0.29) is 17.7 Å². The Kier molecular flexibility index (Phi) is 4.14. The summed E-state index contributed by atoms with van der Waals surface area (Å²) in [6.45, 7) is 3.23. The minimum absolute atomic E-state index is 0.0223. The van der Waals surface area contributed by atoms with Crippen LogP contribution in [0.5, 0.6) is 0 Å². The maximum absolute atomic E-state index is 12.3. The van der Waals surface area contributed by atoms with Gasteiger partial charge in [-0.1, -0.05) is 6.07 Å². The summed E-state index contributed by atoms with van der Waals surface area (Å²) in [5.41, 5.74) is 0.889. The Balaban J connectivity index is 2.14. The summed E-state index contributed by atoms with van der Waals surface area (Å²) in [6.07, 6.45) is 2.30. The van der Waals surface area contributed by atoms with Gasteiger partial charge >= 0.3 is 0 Å². The average molecular weight is 261 g/mol. The van der Waals surface area contributed by atoms with E-state index in [1.54, 1.807) is 30.0 Å². The van der Waals surface area contributed by atoms with Gasteiger partial charge in [-0.25, -0.2) is 0 Å². The van der Waals surface area contributed by atoms with E-state index in [4.69, 9.17) is 0 Å². The van der Waals surface area contributed by atoms with Gasteiger partial charge in [0, 0.05) is 51.9 Å². The van der Waals surface area contributed by atoms with Crippen molar-refractivity contribution in [3.63, 3.8) is 0 Å². The van der Waals surface area contributed by atoms with Gasteiger partial charge in [0.25, 0.3) is 0 Å². The third kappa shape index (κ3) is 3.30. The van der Waals surface area contributed by atoms with E-state index in [0.29, 0.717) is 26.1 Å². The summed E-state index contributed by atoms with van der Waals surface area (Å²) in [4.78, 5) is 31.5. The molecule has 5 heteroatoms. The van der Waals surface area contributed by atoms with Crippen molar-refractivity contribution in [2.24, 2.45) is 5.92 Å². The third-order valence-corrected chi connectivity index (χ3v) is 3.50. The molecule has 1 aliphatic rings. The molecule has 0 saturated carbocycles. The van der Waals surface area contributed by atoms with Crippen molar-refractivity contribution in [3.8, 4) is 0 Å². The highest BCUT2D eigenvalue weighted by Gasteiger charge is 2.29. The Labute approximate surface area is 113 Å². The van der Waals surface area contributed by atoms with Crippen molar-refractivity contribution in [2.75, 3.05) is 26.7 Å². The highest BCUT2D eigenvalue weighted by Crippen LogP contribution is 2.15. The summed E-state index contributed by atoms with van der Waals surface area (Å²) < 4.78 is 0. The second-order valence-corrected chi connectivity index (χ2v) is 4.95. The summed E-state index contributed by atoms with van der Waals surface area (Å²) in [7, 11) is 1.79. The zero-order valence-corrected chi connectivity index (χ0v) is 11.4. The molecule has 0 spiro atoms. The molecule has 1 aliphatic heterocycles. The predicted octanol–water partition coefficient (Wildman–Crippen LogP) is 0.561. The van der Waals surface area contributed by atoms with Crippen LogP contribution in [-0.4, -0.2) is 53.3 Å². The zero-order chi connectivity index (χ0) is 13.8. The number of rotatable bonds is 2. The van der Waals surface area contributed by atoms with Crippen LogP contribution in [0.3, 0.4) is 0 Å². The van der Waals surface area contributed by atoms with E-state index in [2.05, 4.69) is 4.98 Å². The molecule has 2 heterocycles. The normalized spacial score (nSPS) is 20.3. The van der Waals surface area contributed by atoms with Gasteiger partial charge < -0.3 is 9.80 Å². The Morgan fingerprint density at radius 2 is 2.21 bits per heavy atom.